The van der Waals surface area contributed by atoms with Gasteiger partial charge in [0.25, 0.3) is 5.91 Å². The Bertz CT molecular complexity index is 865. The van der Waals surface area contributed by atoms with Crippen LogP contribution >= 0.6 is 0 Å². The Morgan fingerprint density at radius 1 is 1.09 bits per heavy atom. The molecule has 2 aromatic carbocycles. The molecule has 6 nitrogen and oxygen atoms in total. The van der Waals surface area contributed by atoms with Gasteiger partial charge in [0.1, 0.15) is 0 Å². The van der Waals surface area contributed by atoms with Crippen molar-refractivity contribution in [2.45, 2.75) is 6.92 Å². The van der Waals surface area contributed by atoms with Crippen LogP contribution in [0, 0.1) is 6.92 Å². The molecule has 6 heteroatoms. The van der Waals surface area contributed by atoms with Crippen molar-refractivity contribution in [3.8, 4) is 5.69 Å². The summed E-state index contributed by atoms with van der Waals surface area (Å²) >= 11 is 0. The van der Waals surface area contributed by atoms with Crippen molar-refractivity contribution >= 4 is 11.6 Å². The topological polar surface area (TPSA) is 79.8 Å². The number of hydrogen-bond acceptors (Lipinski definition) is 3. The fourth-order valence-corrected chi connectivity index (χ4v) is 2.07. The van der Waals surface area contributed by atoms with Crippen LogP contribution in [0.5, 0.6) is 0 Å². The van der Waals surface area contributed by atoms with E-state index in [1.165, 1.54) is 0 Å². The van der Waals surface area contributed by atoms with Crippen molar-refractivity contribution < 1.29 is 4.79 Å². The van der Waals surface area contributed by atoms with Crippen molar-refractivity contribution in [1.29, 1.82) is 0 Å². The van der Waals surface area contributed by atoms with Gasteiger partial charge >= 0.3 is 5.69 Å². The number of carbonyl (C=O) groups excluding carboxylic acids is 1. The van der Waals surface area contributed by atoms with Crippen LogP contribution in [0.3, 0.4) is 0 Å². The Labute approximate surface area is 126 Å². The van der Waals surface area contributed by atoms with Crippen LogP contribution in [0.1, 0.15) is 16.2 Å². The van der Waals surface area contributed by atoms with E-state index in [1.54, 1.807) is 30.3 Å². The van der Waals surface area contributed by atoms with Gasteiger partial charge < -0.3 is 5.32 Å². The Kier molecular flexibility index (Phi) is 3.57. The van der Waals surface area contributed by atoms with Crippen LogP contribution in [-0.4, -0.2) is 20.7 Å². The number of anilines is 1. The van der Waals surface area contributed by atoms with E-state index in [2.05, 4.69) is 15.4 Å². The van der Waals surface area contributed by atoms with Gasteiger partial charge in [0.2, 0.25) is 5.82 Å². The van der Waals surface area contributed by atoms with Crippen molar-refractivity contribution in [3.63, 3.8) is 0 Å². The van der Waals surface area contributed by atoms with Gasteiger partial charge in [-0.05, 0) is 30.7 Å². The Hall–Kier alpha value is -3.15. The molecular formula is C16H14N4O2. The lowest BCUT2D eigenvalue weighted by Crippen LogP contribution is -2.16. The van der Waals surface area contributed by atoms with Crippen molar-refractivity contribution in [3.05, 3.63) is 76.5 Å². The van der Waals surface area contributed by atoms with Gasteiger partial charge in [0.15, 0.2) is 0 Å². The maximum absolute atomic E-state index is 12.2. The molecule has 1 heterocycles. The predicted octanol–water partition coefficient (Wildman–Crippen LogP) is 2.12. The molecule has 0 unspecified atom stereocenters. The van der Waals surface area contributed by atoms with E-state index in [-0.39, 0.29) is 5.82 Å². The van der Waals surface area contributed by atoms with Crippen LogP contribution in [0.25, 0.3) is 5.69 Å². The third kappa shape index (κ3) is 2.67. The minimum absolute atomic E-state index is 0.0305. The molecule has 3 rings (SSSR count). The number of benzene rings is 2. The van der Waals surface area contributed by atoms with Gasteiger partial charge in [0, 0.05) is 5.69 Å². The first-order valence-electron chi connectivity index (χ1n) is 6.77. The molecule has 0 saturated heterocycles. The molecule has 0 atom stereocenters. The molecule has 0 radical (unpaired) electrons. The molecule has 0 saturated carbocycles. The summed E-state index contributed by atoms with van der Waals surface area (Å²) in [7, 11) is 0. The zero-order chi connectivity index (χ0) is 15.5. The molecule has 3 aromatic rings. The summed E-state index contributed by atoms with van der Waals surface area (Å²) in [4.78, 5) is 26.6. The number of rotatable bonds is 3. The summed E-state index contributed by atoms with van der Waals surface area (Å²) < 4.78 is 1.16. The zero-order valence-electron chi connectivity index (χ0n) is 11.9. The van der Waals surface area contributed by atoms with Crippen molar-refractivity contribution in [1.82, 2.24) is 14.8 Å². The summed E-state index contributed by atoms with van der Waals surface area (Å²) in [6.07, 6.45) is 0. The highest BCUT2D eigenvalue weighted by Crippen LogP contribution is 2.13. The molecule has 0 spiro atoms. The van der Waals surface area contributed by atoms with Gasteiger partial charge in [0.05, 0.1) is 5.69 Å². The Balaban J connectivity index is 1.89. The summed E-state index contributed by atoms with van der Waals surface area (Å²) in [5.74, 6) is -0.488. The number of carbonyl (C=O) groups is 1. The highest BCUT2D eigenvalue weighted by Gasteiger charge is 2.14. The van der Waals surface area contributed by atoms with Crippen molar-refractivity contribution in [2.24, 2.45) is 0 Å². The molecule has 22 heavy (non-hydrogen) atoms. The number of nitrogens with one attached hydrogen (secondary N) is 2. The second-order valence-electron chi connectivity index (χ2n) is 4.80. The zero-order valence-corrected chi connectivity index (χ0v) is 11.9. The fourth-order valence-electron chi connectivity index (χ4n) is 2.07. The van der Waals surface area contributed by atoms with Gasteiger partial charge in [-0.15, -0.1) is 5.10 Å². The number of aromatic nitrogens is 3. The van der Waals surface area contributed by atoms with E-state index in [9.17, 15) is 9.59 Å². The number of H-pyrrole nitrogens is 1. The molecule has 0 aliphatic carbocycles. The van der Waals surface area contributed by atoms with Gasteiger partial charge in [-0.1, -0.05) is 36.4 Å². The summed E-state index contributed by atoms with van der Waals surface area (Å²) in [5.41, 5.74) is 1.75. The van der Waals surface area contributed by atoms with E-state index in [0.717, 1.165) is 10.2 Å². The average Bonchev–Trinajstić information content (AvgIpc) is 2.92. The lowest BCUT2D eigenvalue weighted by Gasteiger charge is -2.05. The average molecular weight is 294 g/mol. The van der Waals surface area contributed by atoms with E-state index in [0.29, 0.717) is 11.4 Å². The second-order valence-corrected chi connectivity index (χ2v) is 4.80. The Morgan fingerprint density at radius 3 is 2.50 bits per heavy atom. The molecule has 0 aliphatic heterocycles. The van der Waals surface area contributed by atoms with Gasteiger partial charge in [-0.25, -0.2) is 4.79 Å². The fraction of sp³-hybridized carbons (Fsp3) is 0.0625. The molecule has 0 bridgehead atoms. The SMILES string of the molecule is Cc1ccccc1NC(=O)c1nn(-c2ccccc2)c(=O)[nH]1. The number of amides is 1. The molecule has 1 amide bonds. The number of hydrogen-bond donors (Lipinski definition) is 2. The normalized spacial score (nSPS) is 10.4. The maximum atomic E-state index is 12.2. The lowest BCUT2D eigenvalue weighted by molar-refractivity contribution is 0.101. The molecule has 2 N–H and O–H groups in total. The van der Waals surface area contributed by atoms with Crippen LogP contribution in [-0.2, 0) is 0 Å². The quantitative estimate of drug-likeness (QED) is 0.776. The lowest BCUT2D eigenvalue weighted by atomic mass is 10.2. The maximum Gasteiger partial charge on any atom is 0.348 e. The van der Waals surface area contributed by atoms with E-state index < -0.39 is 11.6 Å². The molecule has 0 aliphatic rings. The minimum Gasteiger partial charge on any atom is -0.319 e. The van der Waals surface area contributed by atoms with Crippen LogP contribution in [0.2, 0.25) is 0 Å². The van der Waals surface area contributed by atoms with E-state index in [1.807, 2.05) is 31.2 Å². The summed E-state index contributed by atoms with van der Waals surface area (Å²) in [5, 5.41) is 6.78. The monoisotopic (exact) mass is 294 g/mol. The molecule has 1 aromatic heterocycles. The minimum atomic E-state index is -0.457. The smallest absolute Gasteiger partial charge is 0.319 e. The highest BCUT2D eigenvalue weighted by atomic mass is 16.2. The number of aromatic amines is 1. The van der Waals surface area contributed by atoms with Gasteiger partial charge in [-0.3, -0.25) is 9.78 Å². The molecular weight excluding hydrogens is 280 g/mol. The van der Waals surface area contributed by atoms with Crippen LogP contribution in [0.4, 0.5) is 5.69 Å². The first-order chi connectivity index (χ1) is 10.6. The Morgan fingerprint density at radius 2 is 1.77 bits per heavy atom. The van der Waals surface area contributed by atoms with E-state index >= 15 is 0 Å². The third-order valence-corrected chi connectivity index (χ3v) is 3.23. The molecule has 0 fully saturated rings. The number of para-hydroxylation sites is 2. The van der Waals surface area contributed by atoms with Crippen LogP contribution in [0.15, 0.2) is 59.4 Å². The number of nitrogens with zero attached hydrogens (tertiary/aromatic N) is 2. The number of aryl methyl sites for hydroxylation is 1. The predicted molar refractivity (Wildman–Crippen MR) is 83.3 cm³/mol. The second kappa shape index (κ2) is 5.69. The highest BCUT2D eigenvalue weighted by molar-refractivity contribution is 6.01. The summed E-state index contributed by atoms with van der Waals surface area (Å²) in [6, 6.07) is 16.3. The van der Waals surface area contributed by atoms with Gasteiger partial charge in [-0.2, -0.15) is 4.68 Å². The standard InChI is InChI=1S/C16H14N4O2/c1-11-7-5-6-10-13(11)17-15(21)14-18-16(22)20(19-14)12-8-3-2-4-9-12/h2-10H,1H3,(H,17,21)(H,18,19,22). The van der Waals surface area contributed by atoms with Crippen molar-refractivity contribution in [2.75, 3.05) is 5.32 Å². The summed E-state index contributed by atoms with van der Waals surface area (Å²) in [6.45, 7) is 1.89. The van der Waals surface area contributed by atoms with E-state index in [4.69, 9.17) is 0 Å². The molecule has 110 valence electrons. The first kappa shape index (κ1) is 13.8. The van der Waals surface area contributed by atoms with Crippen LogP contribution < -0.4 is 11.0 Å². The first-order valence-corrected chi connectivity index (χ1v) is 6.77. The third-order valence-electron chi connectivity index (χ3n) is 3.23. The largest absolute Gasteiger partial charge is 0.348 e.